The van der Waals surface area contributed by atoms with Crippen LogP contribution >= 0.6 is 0 Å². The molecule has 7 aromatic carbocycles. The molecule has 1 unspecified atom stereocenters. The smallest absolute Gasteiger partial charge is 0.0563 e. The second-order valence-corrected chi connectivity index (χ2v) is 19.9. The molecule has 0 saturated heterocycles. The first kappa shape index (κ1) is 40.0. The molecule has 62 heavy (non-hydrogen) atoms. The molecule has 0 bridgehead atoms. The van der Waals surface area contributed by atoms with Crippen molar-refractivity contribution in [1.82, 2.24) is 0 Å². The van der Waals surface area contributed by atoms with E-state index in [1.54, 1.807) is 0 Å². The van der Waals surface area contributed by atoms with Crippen molar-refractivity contribution >= 4 is 44.8 Å². The normalized spacial score (nSPS) is 16.6. The Labute approximate surface area is 370 Å². The van der Waals surface area contributed by atoms with E-state index in [1.165, 1.54) is 128 Å². The number of fused-ring (bicyclic) bond motifs is 8. The lowest BCUT2D eigenvalue weighted by Gasteiger charge is -2.37. The van der Waals surface area contributed by atoms with Crippen LogP contribution in [0.15, 0.2) is 133 Å². The monoisotopic (exact) mass is 808 g/mol. The van der Waals surface area contributed by atoms with Crippen molar-refractivity contribution < 1.29 is 0 Å². The van der Waals surface area contributed by atoms with E-state index in [2.05, 4.69) is 220 Å². The Hall–Kier alpha value is -6.12. The number of anilines is 5. The standard InChI is InChI=1S/C60H60N2/c1-35-17-23-53(39(5)27-35)61(54-24-18-36(2)28-40(54)6)43-21-22-44-47-32-51-48(33-50(47)59(9,10)49(44)31-43)58-46-16-14-13-15-45(46)57(34-52(58)60(51,11)12)62(55-25-19-37(3)29-41(55)7)56-26-20-38(4)30-42(56)8/h13-20,22-34,43H,21H2,1-12H3. The minimum Gasteiger partial charge on any atom is -0.334 e. The Kier molecular flexibility index (Phi) is 9.16. The molecule has 3 aliphatic rings. The third kappa shape index (κ3) is 6.04. The fourth-order valence-electron chi connectivity index (χ4n) is 11.5. The molecule has 0 spiro atoms. The summed E-state index contributed by atoms with van der Waals surface area (Å²) < 4.78 is 0. The Morgan fingerprint density at radius 2 is 0.919 bits per heavy atom. The summed E-state index contributed by atoms with van der Waals surface area (Å²) in [4.78, 5) is 5.15. The number of hydrogen-bond donors (Lipinski definition) is 0. The van der Waals surface area contributed by atoms with E-state index < -0.39 is 0 Å². The molecule has 1 atom stereocenters. The van der Waals surface area contributed by atoms with Crippen LogP contribution in [0.3, 0.4) is 0 Å². The molecule has 2 heteroatoms. The van der Waals surface area contributed by atoms with E-state index in [-0.39, 0.29) is 16.9 Å². The van der Waals surface area contributed by atoms with E-state index in [0.717, 1.165) is 6.42 Å². The average molecular weight is 809 g/mol. The lowest BCUT2D eigenvalue weighted by atomic mass is 9.78. The summed E-state index contributed by atoms with van der Waals surface area (Å²) in [6, 6.07) is 44.7. The van der Waals surface area contributed by atoms with Gasteiger partial charge in [0, 0.05) is 39.0 Å². The van der Waals surface area contributed by atoms with Gasteiger partial charge in [0.25, 0.3) is 0 Å². The van der Waals surface area contributed by atoms with Gasteiger partial charge >= 0.3 is 0 Å². The summed E-state index contributed by atoms with van der Waals surface area (Å²) in [5.41, 5.74) is 27.5. The highest BCUT2D eigenvalue weighted by molar-refractivity contribution is 6.11. The van der Waals surface area contributed by atoms with Crippen LogP contribution in [-0.2, 0) is 10.8 Å². The number of aryl methyl sites for hydroxylation is 8. The second-order valence-electron chi connectivity index (χ2n) is 19.9. The maximum atomic E-state index is 2.62. The first-order valence-corrected chi connectivity index (χ1v) is 22.6. The summed E-state index contributed by atoms with van der Waals surface area (Å²) in [5, 5.41) is 2.59. The summed E-state index contributed by atoms with van der Waals surface area (Å²) in [7, 11) is 0. The van der Waals surface area contributed by atoms with Gasteiger partial charge in [0.05, 0.1) is 11.7 Å². The van der Waals surface area contributed by atoms with Crippen LogP contribution < -0.4 is 9.80 Å². The zero-order chi connectivity index (χ0) is 43.6. The molecule has 2 nitrogen and oxygen atoms in total. The van der Waals surface area contributed by atoms with Crippen LogP contribution in [0.25, 0.3) is 27.5 Å². The number of allylic oxidation sites excluding steroid dienone is 2. The fraction of sp³-hybridized carbons (Fsp3) is 0.267. The first-order chi connectivity index (χ1) is 29.5. The van der Waals surface area contributed by atoms with Crippen LogP contribution in [0.2, 0.25) is 0 Å². The van der Waals surface area contributed by atoms with Crippen LogP contribution in [0.1, 0.15) is 101 Å². The zero-order valence-electron chi connectivity index (χ0n) is 38.8. The minimum absolute atomic E-state index is 0.170. The Bertz CT molecular complexity index is 2990. The molecule has 0 aromatic heterocycles. The number of hydrogen-bond acceptors (Lipinski definition) is 2. The van der Waals surface area contributed by atoms with Crippen LogP contribution in [0, 0.1) is 55.4 Å². The van der Waals surface area contributed by atoms with Crippen LogP contribution in [-0.4, -0.2) is 6.04 Å². The van der Waals surface area contributed by atoms with Crippen molar-refractivity contribution in [2.45, 2.75) is 106 Å². The van der Waals surface area contributed by atoms with E-state index in [9.17, 15) is 0 Å². The maximum absolute atomic E-state index is 2.62. The molecule has 0 heterocycles. The van der Waals surface area contributed by atoms with Gasteiger partial charge in [-0.3, -0.25) is 0 Å². The van der Waals surface area contributed by atoms with E-state index in [0.29, 0.717) is 0 Å². The number of benzene rings is 7. The molecule has 7 aromatic rings. The summed E-state index contributed by atoms with van der Waals surface area (Å²) in [5.74, 6) is 0. The summed E-state index contributed by atoms with van der Waals surface area (Å²) >= 11 is 0. The second kappa shape index (κ2) is 14.2. The minimum atomic E-state index is -0.216. The summed E-state index contributed by atoms with van der Waals surface area (Å²) in [6.45, 7) is 27.6. The lowest BCUT2D eigenvalue weighted by molar-refractivity contribution is 0.641. The summed E-state index contributed by atoms with van der Waals surface area (Å²) in [6.07, 6.45) is 6.12. The molecule has 3 aliphatic carbocycles. The molecular weight excluding hydrogens is 749 g/mol. The Morgan fingerprint density at radius 3 is 1.44 bits per heavy atom. The van der Waals surface area contributed by atoms with Gasteiger partial charge in [-0.05, 0) is 176 Å². The van der Waals surface area contributed by atoms with Gasteiger partial charge in [0.2, 0.25) is 0 Å². The SMILES string of the molecule is Cc1ccc(N(c2ccc(C)cc2C)c2cc3c(c4ccccc24)-c2cc4c(cc2C3(C)C)C2=CCC(N(c3ccc(C)cc3C)c3ccc(C)cc3C)C=C2C4(C)C)c(C)c1. The topological polar surface area (TPSA) is 6.48 Å². The van der Waals surface area contributed by atoms with Crippen molar-refractivity contribution in [3.63, 3.8) is 0 Å². The third-order valence-electron chi connectivity index (χ3n) is 14.6. The lowest BCUT2D eigenvalue weighted by Crippen LogP contribution is -2.33. The third-order valence-corrected chi connectivity index (χ3v) is 14.6. The Morgan fingerprint density at radius 1 is 0.452 bits per heavy atom. The highest BCUT2D eigenvalue weighted by atomic mass is 15.2. The van der Waals surface area contributed by atoms with Gasteiger partial charge in [-0.2, -0.15) is 0 Å². The molecule has 0 N–H and O–H groups in total. The number of rotatable bonds is 6. The quantitative estimate of drug-likeness (QED) is 0.165. The first-order valence-electron chi connectivity index (χ1n) is 22.6. The van der Waals surface area contributed by atoms with Gasteiger partial charge in [0.1, 0.15) is 0 Å². The highest BCUT2D eigenvalue weighted by Gasteiger charge is 2.45. The van der Waals surface area contributed by atoms with Crippen molar-refractivity contribution in [1.29, 1.82) is 0 Å². The van der Waals surface area contributed by atoms with Gasteiger partial charge < -0.3 is 9.80 Å². The van der Waals surface area contributed by atoms with Crippen molar-refractivity contribution in [2.75, 3.05) is 9.80 Å². The molecule has 0 fully saturated rings. The number of nitrogens with zero attached hydrogens (tertiary/aromatic N) is 2. The van der Waals surface area contributed by atoms with Crippen molar-refractivity contribution in [3.8, 4) is 11.1 Å². The molecule has 0 radical (unpaired) electrons. The van der Waals surface area contributed by atoms with Gasteiger partial charge in [-0.1, -0.05) is 135 Å². The molecule has 0 amide bonds. The molecule has 0 aliphatic heterocycles. The highest BCUT2D eigenvalue weighted by Crippen LogP contribution is 2.60. The van der Waals surface area contributed by atoms with Gasteiger partial charge in [-0.15, -0.1) is 0 Å². The molecular formula is C60H60N2. The van der Waals surface area contributed by atoms with Crippen molar-refractivity contribution in [3.05, 3.63) is 200 Å². The average Bonchev–Trinajstić information content (AvgIpc) is 3.58. The van der Waals surface area contributed by atoms with E-state index in [1.807, 2.05) is 0 Å². The van der Waals surface area contributed by atoms with Crippen LogP contribution in [0.5, 0.6) is 0 Å². The maximum Gasteiger partial charge on any atom is 0.0563 e. The molecule has 310 valence electrons. The molecule has 0 saturated carbocycles. The van der Waals surface area contributed by atoms with Crippen molar-refractivity contribution in [2.24, 2.45) is 0 Å². The zero-order valence-corrected chi connectivity index (χ0v) is 38.8. The van der Waals surface area contributed by atoms with E-state index >= 15 is 0 Å². The Balaban J connectivity index is 1.14. The predicted molar refractivity (Wildman–Crippen MR) is 267 cm³/mol. The molecule has 10 rings (SSSR count). The van der Waals surface area contributed by atoms with Crippen LogP contribution in [0.4, 0.5) is 28.4 Å². The van der Waals surface area contributed by atoms with Gasteiger partial charge in [-0.25, -0.2) is 0 Å². The van der Waals surface area contributed by atoms with Gasteiger partial charge in [0.15, 0.2) is 0 Å². The largest absolute Gasteiger partial charge is 0.334 e. The van der Waals surface area contributed by atoms with E-state index in [4.69, 9.17) is 0 Å². The predicted octanol–water partition coefficient (Wildman–Crippen LogP) is 16.3. The fourth-order valence-corrected chi connectivity index (χ4v) is 11.5.